The number of esters is 5. The van der Waals surface area contributed by atoms with E-state index < -0.39 is 137 Å². The number of Topliss-reactive ketones (excluding diaryl/α,β-unsaturated/α-hetero) is 1. The first-order valence-electron chi connectivity index (χ1n) is 21.1. The number of hydrogen-bond donors (Lipinski definition) is 1. The zero-order valence-corrected chi connectivity index (χ0v) is 38.2. The number of amides is 1. The van der Waals surface area contributed by atoms with Crippen LogP contribution in [0.15, 0.2) is 71.8 Å². The van der Waals surface area contributed by atoms with Gasteiger partial charge in [0.15, 0.2) is 30.2 Å². The van der Waals surface area contributed by atoms with Crippen molar-refractivity contribution in [3.05, 3.63) is 82.9 Å². The van der Waals surface area contributed by atoms with Crippen LogP contribution in [-0.2, 0) is 61.9 Å². The second-order valence-electron chi connectivity index (χ2n) is 17.6. The first-order valence-corrected chi connectivity index (χ1v) is 22.2. The average molecular weight is 955 g/mol. The van der Waals surface area contributed by atoms with Gasteiger partial charge in [-0.15, -0.1) is 29.6 Å². The maximum absolute atomic E-state index is 16.0. The van der Waals surface area contributed by atoms with Crippen molar-refractivity contribution in [1.82, 2.24) is 4.90 Å². The predicted molar refractivity (Wildman–Crippen MR) is 229 cm³/mol. The molecule has 1 N–H and O–H groups in total. The van der Waals surface area contributed by atoms with Crippen LogP contribution in [-0.4, -0.2) is 131 Å². The third-order valence-corrected chi connectivity index (χ3v) is 14.2. The Morgan fingerprint density at radius 1 is 0.909 bits per heavy atom. The molecule has 0 spiro atoms. The van der Waals surface area contributed by atoms with Gasteiger partial charge in [-0.25, -0.2) is 14.4 Å². The Kier molecular flexibility index (Phi) is 13.7. The highest BCUT2D eigenvalue weighted by atomic mass is 35.5. The summed E-state index contributed by atoms with van der Waals surface area (Å²) in [6.07, 6.45) is -5.75. The highest BCUT2D eigenvalue weighted by Crippen LogP contribution is 2.65. The summed E-state index contributed by atoms with van der Waals surface area (Å²) in [5.74, 6) is -6.53. The van der Waals surface area contributed by atoms with Crippen LogP contribution in [0.1, 0.15) is 69.4 Å². The van der Waals surface area contributed by atoms with E-state index in [0.29, 0.717) is 5.56 Å². The fourth-order valence-corrected chi connectivity index (χ4v) is 10.7. The van der Waals surface area contributed by atoms with Gasteiger partial charge in [-0.3, -0.25) is 24.1 Å². The summed E-state index contributed by atoms with van der Waals surface area (Å²) >= 11 is 12.0. The lowest BCUT2D eigenvalue weighted by atomic mass is 9.44. The van der Waals surface area contributed by atoms with Crippen molar-refractivity contribution < 1.29 is 76.6 Å². The fourth-order valence-electron chi connectivity index (χ4n) is 10.6. The molecule has 2 saturated heterocycles. The van der Waals surface area contributed by atoms with Gasteiger partial charge in [-0.2, -0.15) is 0 Å². The summed E-state index contributed by atoms with van der Waals surface area (Å²) < 4.78 is 47.9. The lowest BCUT2D eigenvalue weighted by Crippen LogP contribution is -2.82. The van der Waals surface area contributed by atoms with Gasteiger partial charge in [0.2, 0.25) is 0 Å². The van der Waals surface area contributed by atoms with E-state index in [0.717, 1.165) is 11.8 Å². The second kappa shape index (κ2) is 18.6. The summed E-state index contributed by atoms with van der Waals surface area (Å²) in [4.78, 5) is 99.2. The first kappa shape index (κ1) is 48.4. The normalized spacial score (nSPS) is 33.0. The molecule has 3 aliphatic carbocycles. The Balaban J connectivity index is 1.44. The summed E-state index contributed by atoms with van der Waals surface area (Å²) in [6.45, 7) is 5.97. The summed E-state index contributed by atoms with van der Waals surface area (Å²) in [5, 5.41) is 13.9. The maximum atomic E-state index is 16.0. The summed E-state index contributed by atoms with van der Waals surface area (Å²) in [5.41, 5.74) is -7.60. The van der Waals surface area contributed by atoms with Crippen molar-refractivity contribution in [2.45, 2.75) is 101 Å². The molecule has 66 heavy (non-hydrogen) atoms. The van der Waals surface area contributed by atoms with E-state index in [1.807, 2.05) is 0 Å². The number of nitrogens with zero attached hydrogens (tertiary/aromatic N) is 1. The molecule has 11 atom stereocenters. The third kappa shape index (κ3) is 8.10. The molecule has 352 valence electrons. The van der Waals surface area contributed by atoms with Gasteiger partial charge in [-0.05, 0) is 42.7 Å². The minimum absolute atomic E-state index is 0.0354. The lowest BCUT2D eigenvalue weighted by molar-refractivity contribution is -0.346. The number of ether oxygens (including phenoxy) is 8. The van der Waals surface area contributed by atoms with E-state index in [9.17, 15) is 33.9 Å². The molecular weight excluding hydrogens is 905 g/mol. The molecule has 2 saturated carbocycles. The number of ketones is 1. The molecule has 1 amide bonds. The fraction of sp³-hybridized carbons (Fsp3) is 0.511. The van der Waals surface area contributed by atoms with Crippen LogP contribution in [0, 0.1) is 29.1 Å². The largest absolute Gasteiger partial charge is 0.460 e. The first-order chi connectivity index (χ1) is 31.3. The highest BCUT2D eigenvalue weighted by Gasteiger charge is 2.79. The van der Waals surface area contributed by atoms with E-state index in [1.54, 1.807) is 48.5 Å². The van der Waals surface area contributed by atoms with Crippen molar-refractivity contribution >= 4 is 64.9 Å². The Morgan fingerprint density at radius 3 is 2.14 bits per heavy atom. The predicted octanol–water partition coefficient (Wildman–Crippen LogP) is 4.38. The summed E-state index contributed by atoms with van der Waals surface area (Å²) in [7, 11) is 0. The number of alkyl halides is 2. The van der Waals surface area contributed by atoms with Crippen molar-refractivity contribution in [3.8, 4) is 12.3 Å². The minimum atomic E-state index is -2.46. The third-order valence-electron chi connectivity index (χ3n) is 13.8. The number of carbonyl (C=O) groups excluding carboxylic acids is 7. The van der Waals surface area contributed by atoms with Crippen LogP contribution >= 0.6 is 23.2 Å². The zero-order valence-electron chi connectivity index (χ0n) is 36.7. The number of halogens is 2. The molecule has 2 unspecified atom stereocenters. The van der Waals surface area contributed by atoms with Crippen molar-refractivity contribution in [1.29, 1.82) is 0 Å². The van der Waals surface area contributed by atoms with Crippen LogP contribution in [0.25, 0.3) is 0 Å². The van der Waals surface area contributed by atoms with Crippen LogP contribution in [0.3, 0.4) is 0 Å². The van der Waals surface area contributed by atoms with Crippen LogP contribution in [0.2, 0.25) is 0 Å². The van der Waals surface area contributed by atoms with Gasteiger partial charge < -0.3 is 43.0 Å². The van der Waals surface area contributed by atoms with Gasteiger partial charge in [0, 0.05) is 25.2 Å². The highest BCUT2D eigenvalue weighted by molar-refractivity contribution is 6.26. The molecule has 4 fully saturated rings. The average Bonchev–Trinajstić information content (AvgIpc) is 3.75. The van der Waals surface area contributed by atoms with Gasteiger partial charge >= 0.3 is 35.9 Å². The number of benzene rings is 2. The number of terminal acetylenes is 1. The topological polar surface area (TPSA) is 217 Å². The Hall–Kier alpha value is -5.51. The number of carbonyl (C=O) groups is 7. The number of rotatable bonds is 11. The standard InChI is InChI=1S/C47H49Cl2NO16/c1-7-18-59-43(57)50-24-61-37(35(50)27-14-10-8-11-15-27)42(56)62-29-20-47(58)40(65-41(55)28-16-12-9-13-17-28)38-45(6,39(54)36(64-33(53)22-49)34(25(29)2)44(47,4)5)30(63-32(52)21-48)19-31-46(38,23-60-31)66-26(3)51/h1,8-17,29-31,35-38,40,58H,18-24H2,2-6H3/t29-,30-,31+,35?,36+,37?,38-,40-,45+,46-,47+/m0/s1. The quantitative estimate of drug-likeness (QED) is 0.109. The molecule has 2 aromatic rings. The van der Waals surface area contributed by atoms with Gasteiger partial charge in [0.05, 0.1) is 29.5 Å². The monoisotopic (exact) mass is 953 g/mol. The van der Waals surface area contributed by atoms with E-state index in [1.165, 1.54) is 39.8 Å². The molecular formula is C47H49Cl2NO16. The van der Waals surface area contributed by atoms with Crippen LogP contribution < -0.4 is 0 Å². The Morgan fingerprint density at radius 2 is 1.55 bits per heavy atom. The minimum Gasteiger partial charge on any atom is -0.460 e. The molecule has 0 radical (unpaired) electrons. The van der Waals surface area contributed by atoms with Crippen LogP contribution in [0.4, 0.5) is 4.79 Å². The SMILES string of the molecule is C#CCOC(=O)N1COC(C(=O)O[C@H]2C[C@@]3(O)[C@@H](OC(=O)c4ccccc4)[C@@H]4[C@]5(OC(C)=O)CO[C@@H]5C[C@H](OC(=O)CCl)[C@@]4(C)C(=O)[C@H](OC(=O)CCl)C(=C2C)C3(C)C)C1c1ccccc1. The number of fused-ring (bicyclic) bond motifs is 5. The lowest BCUT2D eigenvalue weighted by Gasteiger charge is -2.67. The van der Waals surface area contributed by atoms with Gasteiger partial charge in [0.25, 0.3) is 0 Å². The van der Waals surface area contributed by atoms with Crippen molar-refractivity contribution in [3.63, 3.8) is 0 Å². The van der Waals surface area contributed by atoms with E-state index >= 15 is 4.79 Å². The molecule has 17 nitrogen and oxygen atoms in total. The van der Waals surface area contributed by atoms with Gasteiger partial charge in [0.1, 0.15) is 48.5 Å². The molecule has 2 aliphatic heterocycles. The number of aliphatic hydroxyl groups is 1. The molecule has 0 aromatic heterocycles. The molecule has 2 heterocycles. The van der Waals surface area contributed by atoms with Crippen LogP contribution in [0.5, 0.6) is 0 Å². The molecule has 19 heteroatoms. The summed E-state index contributed by atoms with van der Waals surface area (Å²) in [6, 6.07) is 15.1. The van der Waals surface area contributed by atoms with Gasteiger partial charge in [-0.1, -0.05) is 68.3 Å². The van der Waals surface area contributed by atoms with E-state index in [2.05, 4.69) is 5.92 Å². The molecule has 7 rings (SSSR count). The van der Waals surface area contributed by atoms with E-state index in [4.69, 9.17) is 67.5 Å². The smallest absolute Gasteiger partial charge is 0.413 e. The van der Waals surface area contributed by atoms with E-state index in [-0.39, 0.29) is 36.3 Å². The number of hydrogen-bond acceptors (Lipinski definition) is 16. The Labute approximate surface area is 390 Å². The van der Waals surface area contributed by atoms with Crippen molar-refractivity contribution in [2.75, 3.05) is 31.7 Å². The van der Waals surface area contributed by atoms with Crippen molar-refractivity contribution in [2.24, 2.45) is 16.7 Å². The molecule has 2 aromatic carbocycles. The zero-order chi connectivity index (χ0) is 47.9. The Bertz CT molecular complexity index is 2350. The second-order valence-corrected chi connectivity index (χ2v) is 18.1. The maximum Gasteiger partial charge on any atom is 0.413 e. The molecule has 5 aliphatic rings. The molecule has 2 bridgehead atoms.